The van der Waals surface area contributed by atoms with E-state index >= 15 is 0 Å². The van der Waals surface area contributed by atoms with Crippen molar-refractivity contribution in [3.63, 3.8) is 0 Å². The Morgan fingerprint density at radius 3 is 2.50 bits per heavy atom. The van der Waals surface area contributed by atoms with Gasteiger partial charge in [0.1, 0.15) is 5.52 Å². The van der Waals surface area contributed by atoms with Crippen LogP contribution in [0.3, 0.4) is 0 Å². The predicted octanol–water partition coefficient (Wildman–Crippen LogP) is 5.12. The van der Waals surface area contributed by atoms with Crippen LogP contribution < -0.4 is 5.49 Å². The van der Waals surface area contributed by atoms with Crippen LogP contribution in [0.25, 0.3) is 28.4 Å². The molecule has 4 aromatic rings. The monoisotopic (exact) mass is 401 g/mol. The number of unbranched alkanes of at least 4 members (excludes halogenated alkanes) is 3. The number of nitrogens with zero attached hydrogens (tertiary/aromatic N) is 5. The summed E-state index contributed by atoms with van der Waals surface area (Å²) in [4.78, 5) is 9.41. The molecule has 0 aliphatic heterocycles. The van der Waals surface area contributed by atoms with Crippen molar-refractivity contribution in [2.24, 2.45) is 4.99 Å². The number of para-hydroxylation sites is 2. The molecule has 30 heavy (non-hydrogen) atoms. The molecule has 4 rings (SSSR count). The van der Waals surface area contributed by atoms with Gasteiger partial charge >= 0.3 is 6.01 Å². The minimum atomic E-state index is 0.409. The molecule has 0 unspecified atom stereocenters. The number of hydrogen-bond acceptors (Lipinski definition) is 5. The summed E-state index contributed by atoms with van der Waals surface area (Å²) in [5.74, 6) is 0. The maximum absolute atomic E-state index is 6.00. The van der Waals surface area contributed by atoms with Crippen molar-refractivity contribution in [3.05, 3.63) is 65.6 Å². The van der Waals surface area contributed by atoms with Gasteiger partial charge in [-0.1, -0.05) is 80.8 Å². The average Bonchev–Trinajstić information content (AvgIpc) is 3.23. The normalized spacial score (nSPS) is 12.0. The van der Waals surface area contributed by atoms with E-state index < -0.39 is 0 Å². The quantitative estimate of drug-likeness (QED) is 0.384. The molecule has 2 heterocycles. The third kappa shape index (κ3) is 4.17. The Balaban J connectivity index is 1.85. The fraction of sp³-hybridized carbons (Fsp3) is 0.333. The van der Waals surface area contributed by atoms with E-state index in [0.717, 1.165) is 47.3 Å². The van der Waals surface area contributed by atoms with E-state index in [-0.39, 0.29) is 0 Å². The second kappa shape index (κ2) is 9.48. The van der Waals surface area contributed by atoms with Crippen LogP contribution in [0.1, 0.15) is 45.1 Å². The molecule has 0 bridgehead atoms. The van der Waals surface area contributed by atoms with Gasteiger partial charge in [0.2, 0.25) is 0 Å². The van der Waals surface area contributed by atoms with Gasteiger partial charge in [-0.25, -0.2) is 0 Å². The number of fused-ring (bicyclic) bond motifs is 1. The summed E-state index contributed by atoms with van der Waals surface area (Å²) in [6, 6.07) is 18.3. The molecule has 0 radical (unpaired) electrons. The third-order valence-electron chi connectivity index (χ3n) is 5.13. The summed E-state index contributed by atoms with van der Waals surface area (Å²) in [6.07, 6.45) is 5.50. The summed E-state index contributed by atoms with van der Waals surface area (Å²) in [5, 5.41) is 8.91. The first-order valence-corrected chi connectivity index (χ1v) is 10.7. The van der Waals surface area contributed by atoms with Crippen LogP contribution in [0, 0.1) is 0 Å². The summed E-state index contributed by atoms with van der Waals surface area (Å²) < 4.78 is 7.70. The van der Waals surface area contributed by atoms with Gasteiger partial charge in [-0.3, -0.25) is 4.99 Å². The van der Waals surface area contributed by atoms with Crippen LogP contribution in [0.5, 0.6) is 0 Å². The smallest absolute Gasteiger partial charge is 0.325 e. The van der Waals surface area contributed by atoms with E-state index in [0.29, 0.717) is 11.5 Å². The van der Waals surface area contributed by atoms with Crippen LogP contribution >= 0.6 is 0 Å². The van der Waals surface area contributed by atoms with Gasteiger partial charge in [-0.15, -0.1) is 5.10 Å². The maximum Gasteiger partial charge on any atom is 0.325 e. The zero-order valence-corrected chi connectivity index (χ0v) is 17.6. The lowest BCUT2D eigenvalue weighted by Gasteiger charge is -2.13. The second-order valence-corrected chi connectivity index (χ2v) is 7.28. The molecule has 6 heteroatoms. The van der Waals surface area contributed by atoms with Crippen molar-refractivity contribution in [1.29, 1.82) is 0 Å². The largest absolute Gasteiger partial charge is 0.422 e. The van der Waals surface area contributed by atoms with E-state index in [2.05, 4.69) is 41.3 Å². The van der Waals surface area contributed by atoms with Crippen LogP contribution in [0.2, 0.25) is 0 Å². The standard InChI is InChI=1S/C24H27N5O/c1-3-5-6-12-17-25-23-19(4-2)22(18-13-8-7-9-14-18)29(28-27-23)24-26-20-15-10-11-16-21(20)30-24/h7-11,13-16H,3-6,12,17H2,1-2H3. The molecule has 0 saturated heterocycles. The Hall–Kier alpha value is -3.28. The highest BCUT2D eigenvalue weighted by Gasteiger charge is 2.18. The topological polar surface area (TPSA) is 69.1 Å². The molecule has 0 N–H and O–H groups in total. The molecule has 154 valence electrons. The van der Waals surface area contributed by atoms with Crippen molar-refractivity contribution in [2.45, 2.75) is 46.0 Å². The summed E-state index contributed by atoms with van der Waals surface area (Å²) in [6.45, 7) is 5.10. The van der Waals surface area contributed by atoms with Crippen molar-refractivity contribution in [3.8, 4) is 17.3 Å². The van der Waals surface area contributed by atoms with Gasteiger partial charge in [-0.05, 0) is 25.0 Å². The number of benzene rings is 2. The molecule has 0 fully saturated rings. The second-order valence-electron chi connectivity index (χ2n) is 7.28. The zero-order chi connectivity index (χ0) is 20.8. The summed E-state index contributed by atoms with van der Waals surface area (Å²) >= 11 is 0. The van der Waals surface area contributed by atoms with Crippen LogP contribution in [0.15, 0.2) is 64.0 Å². The fourth-order valence-corrected chi connectivity index (χ4v) is 3.58. The van der Waals surface area contributed by atoms with E-state index in [9.17, 15) is 0 Å². The van der Waals surface area contributed by atoms with Gasteiger partial charge in [0.25, 0.3) is 0 Å². The molecule has 0 atom stereocenters. The molecule has 0 saturated carbocycles. The van der Waals surface area contributed by atoms with Crippen molar-refractivity contribution in [1.82, 2.24) is 20.0 Å². The summed E-state index contributed by atoms with van der Waals surface area (Å²) in [7, 11) is 0. The first-order chi connectivity index (χ1) is 14.8. The highest BCUT2D eigenvalue weighted by molar-refractivity contribution is 5.73. The van der Waals surface area contributed by atoms with Gasteiger partial charge in [0.15, 0.2) is 11.1 Å². The van der Waals surface area contributed by atoms with Crippen molar-refractivity contribution < 1.29 is 4.42 Å². The highest BCUT2D eigenvalue weighted by atomic mass is 16.4. The third-order valence-corrected chi connectivity index (χ3v) is 5.13. The molecule has 2 aromatic carbocycles. The maximum atomic E-state index is 6.00. The fourth-order valence-electron chi connectivity index (χ4n) is 3.58. The molecular formula is C24H27N5O. The van der Waals surface area contributed by atoms with Gasteiger partial charge < -0.3 is 4.42 Å². The molecule has 6 nitrogen and oxygen atoms in total. The Bertz CT molecular complexity index is 1140. The Labute approximate surface area is 176 Å². The molecule has 0 amide bonds. The SMILES string of the molecule is CCCCCCN=c1nnn(-c2nc3ccccc3o2)c(-c2ccccc2)c1CC. The summed E-state index contributed by atoms with van der Waals surface area (Å²) in [5.41, 5.74) is 5.24. The first kappa shape index (κ1) is 20.0. The number of rotatable bonds is 8. The van der Waals surface area contributed by atoms with Crippen LogP contribution in [0.4, 0.5) is 0 Å². The van der Waals surface area contributed by atoms with E-state index in [1.807, 2.05) is 42.5 Å². The average molecular weight is 402 g/mol. The highest BCUT2D eigenvalue weighted by Crippen LogP contribution is 2.25. The van der Waals surface area contributed by atoms with Crippen molar-refractivity contribution >= 4 is 11.1 Å². The lowest BCUT2D eigenvalue weighted by atomic mass is 10.1. The molecular weight excluding hydrogens is 374 g/mol. The minimum Gasteiger partial charge on any atom is -0.422 e. The minimum absolute atomic E-state index is 0.409. The zero-order valence-electron chi connectivity index (χ0n) is 17.6. The lowest BCUT2D eigenvalue weighted by molar-refractivity contribution is 0.522. The molecule has 0 aliphatic carbocycles. The molecule has 2 aromatic heterocycles. The number of oxazole rings is 1. The van der Waals surface area contributed by atoms with Crippen molar-refractivity contribution in [2.75, 3.05) is 6.54 Å². The Morgan fingerprint density at radius 2 is 1.73 bits per heavy atom. The van der Waals surface area contributed by atoms with Gasteiger partial charge in [0.05, 0.1) is 5.69 Å². The Kier molecular flexibility index (Phi) is 6.32. The first-order valence-electron chi connectivity index (χ1n) is 10.7. The van der Waals surface area contributed by atoms with Gasteiger partial charge in [0, 0.05) is 17.7 Å². The number of hydrogen-bond donors (Lipinski definition) is 0. The Morgan fingerprint density at radius 1 is 0.933 bits per heavy atom. The lowest BCUT2D eigenvalue weighted by Crippen LogP contribution is -2.24. The molecule has 0 aliphatic rings. The van der Waals surface area contributed by atoms with Crippen LogP contribution in [-0.4, -0.2) is 26.5 Å². The van der Waals surface area contributed by atoms with E-state index in [1.165, 1.54) is 19.3 Å². The molecule has 0 spiro atoms. The predicted molar refractivity (Wildman–Crippen MR) is 118 cm³/mol. The number of aromatic nitrogens is 4. The van der Waals surface area contributed by atoms with E-state index in [4.69, 9.17) is 9.41 Å². The van der Waals surface area contributed by atoms with E-state index in [1.54, 1.807) is 4.68 Å². The van der Waals surface area contributed by atoms with Crippen LogP contribution in [-0.2, 0) is 6.42 Å². The van der Waals surface area contributed by atoms with Gasteiger partial charge in [-0.2, -0.15) is 9.67 Å².